The number of hydrogen-bond donors (Lipinski definition) is 1. The molecule has 0 aliphatic carbocycles. The topological polar surface area (TPSA) is 29.5 Å². The molecule has 0 fully saturated rings. The van der Waals surface area contributed by atoms with Crippen molar-refractivity contribution < 1.29 is 27.4 Å². The average molecular weight is 273 g/mol. The molecule has 0 unspecified atom stereocenters. The van der Waals surface area contributed by atoms with Crippen molar-refractivity contribution in [2.45, 2.75) is 18.5 Å². The summed E-state index contributed by atoms with van der Waals surface area (Å²) in [6, 6.07) is 4.56. The average Bonchev–Trinajstić information content (AvgIpc) is 2.21. The van der Waals surface area contributed by atoms with E-state index in [0.717, 1.165) is 12.1 Å². The number of benzene rings is 1. The number of rotatable bonds is 5. The van der Waals surface area contributed by atoms with Crippen LogP contribution in [-0.2, 0) is 0 Å². The summed E-state index contributed by atoms with van der Waals surface area (Å²) in [5.41, 5.74) is 0. The van der Waals surface area contributed by atoms with Crippen LogP contribution in [0.25, 0.3) is 0 Å². The maximum atomic E-state index is 13.1. The van der Waals surface area contributed by atoms with E-state index in [1.807, 2.05) is 0 Å². The van der Waals surface area contributed by atoms with Crippen molar-refractivity contribution in [3.05, 3.63) is 29.3 Å². The molecular weight excluding hydrogens is 264 g/mol. The lowest BCUT2D eigenvalue weighted by Crippen LogP contribution is -2.45. The van der Waals surface area contributed by atoms with Gasteiger partial charge in [-0.05, 0) is 24.3 Å². The Morgan fingerprint density at radius 3 is 2.12 bits per heavy atom. The smallest absolute Gasteiger partial charge is 0.428 e. The second-order valence-corrected chi connectivity index (χ2v) is 3.69. The maximum absolute atomic E-state index is 13.1. The van der Waals surface area contributed by atoms with E-state index in [9.17, 15) is 17.6 Å². The molecule has 0 saturated heterocycles. The van der Waals surface area contributed by atoms with Gasteiger partial charge in [0, 0.05) is 18.1 Å². The zero-order valence-corrected chi connectivity index (χ0v) is 9.22. The van der Waals surface area contributed by atoms with E-state index in [4.69, 9.17) is 16.7 Å². The fraction of sp³-hybridized carbons (Fsp3) is 0.400. The molecule has 0 spiro atoms. The van der Waals surface area contributed by atoms with Crippen molar-refractivity contribution in [2.24, 2.45) is 0 Å². The SMILES string of the molecule is OCCC(F)(F)C(F)(F)Oc1ccc(Cl)cc1. The van der Waals surface area contributed by atoms with Gasteiger partial charge in [0.15, 0.2) is 0 Å². The molecule has 0 atom stereocenters. The normalized spacial score (nSPS) is 12.6. The highest BCUT2D eigenvalue weighted by Crippen LogP contribution is 2.38. The number of aliphatic hydroxyl groups excluding tert-OH is 1. The lowest BCUT2D eigenvalue weighted by atomic mass is 10.2. The molecule has 0 aliphatic heterocycles. The van der Waals surface area contributed by atoms with Crippen LogP contribution in [0, 0.1) is 0 Å². The predicted molar refractivity (Wildman–Crippen MR) is 53.7 cm³/mol. The van der Waals surface area contributed by atoms with Crippen molar-refractivity contribution in [1.29, 1.82) is 0 Å². The zero-order valence-electron chi connectivity index (χ0n) is 8.47. The van der Waals surface area contributed by atoms with Crippen LogP contribution in [0.3, 0.4) is 0 Å². The van der Waals surface area contributed by atoms with Crippen molar-refractivity contribution in [1.82, 2.24) is 0 Å². The third kappa shape index (κ3) is 3.47. The van der Waals surface area contributed by atoms with Crippen LogP contribution in [0.5, 0.6) is 5.75 Å². The molecular formula is C10H9ClF4O2. The molecule has 1 N–H and O–H groups in total. The molecule has 2 nitrogen and oxygen atoms in total. The first-order valence-corrected chi connectivity index (χ1v) is 4.97. The summed E-state index contributed by atoms with van der Waals surface area (Å²) in [7, 11) is 0. The minimum Gasteiger partial charge on any atom is -0.428 e. The van der Waals surface area contributed by atoms with Gasteiger partial charge in [0.05, 0.1) is 0 Å². The van der Waals surface area contributed by atoms with Gasteiger partial charge < -0.3 is 9.84 Å². The Bertz CT molecular complexity index is 367. The van der Waals surface area contributed by atoms with Crippen LogP contribution in [-0.4, -0.2) is 23.7 Å². The van der Waals surface area contributed by atoms with Crippen LogP contribution < -0.4 is 4.74 Å². The lowest BCUT2D eigenvalue weighted by Gasteiger charge is -2.25. The standard InChI is InChI=1S/C10H9ClF4O2/c11-7-1-3-8(4-2-7)17-10(14,15)9(12,13)5-6-16/h1-4,16H,5-6H2. The fourth-order valence-electron chi connectivity index (χ4n) is 1.01. The van der Waals surface area contributed by atoms with Gasteiger partial charge in [0.2, 0.25) is 0 Å². The first-order chi connectivity index (χ1) is 7.78. The molecule has 0 saturated carbocycles. The molecule has 1 aromatic rings. The van der Waals surface area contributed by atoms with Gasteiger partial charge in [0.25, 0.3) is 0 Å². The van der Waals surface area contributed by atoms with Gasteiger partial charge in [0.1, 0.15) is 5.75 Å². The molecule has 17 heavy (non-hydrogen) atoms. The number of ether oxygens (including phenoxy) is 1. The van der Waals surface area contributed by atoms with Gasteiger partial charge in [-0.25, -0.2) is 0 Å². The van der Waals surface area contributed by atoms with Crippen molar-refractivity contribution in [3.63, 3.8) is 0 Å². The summed E-state index contributed by atoms with van der Waals surface area (Å²) < 4.78 is 55.8. The van der Waals surface area contributed by atoms with Gasteiger partial charge in [-0.3, -0.25) is 0 Å². The summed E-state index contributed by atoms with van der Waals surface area (Å²) >= 11 is 5.50. The minimum absolute atomic E-state index is 0.266. The van der Waals surface area contributed by atoms with Gasteiger partial charge in [-0.2, -0.15) is 17.6 Å². The highest BCUT2D eigenvalue weighted by atomic mass is 35.5. The Morgan fingerprint density at radius 2 is 1.65 bits per heavy atom. The molecule has 7 heteroatoms. The molecule has 0 heterocycles. The Labute approximate surface area is 99.8 Å². The summed E-state index contributed by atoms with van der Waals surface area (Å²) in [5.74, 6) is -4.88. The highest BCUT2D eigenvalue weighted by molar-refractivity contribution is 6.30. The maximum Gasteiger partial charge on any atom is 0.464 e. The van der Waals surface area contributed by atoms with E-state index in [2.05, 4.69) is 4.74 Å². The van der Waals surface area contributed by atoms with Crippen molar-refractivity contribution in [3.8, 4) is 5.75 Å². The van der Waals surface area contributed by atoms with E-state index in [1.54, 1.807) is 0 Å². The monoisotopic (exact) mass is 272 g/mol. The van der Waals surface area contributed by atoms with Gasteiger partial charge >= 0.3 is 12.0 Å². The molecule has 0 amide bonds. The molecule has 1 rings (SSSR count). The number of halogens is 5. The largest absolute Gasteiger partial charge is 0.464 e. The summed E-state index contributed by atoms with van der Waals surface area (Å²) in [5, 5.41) is 8.55. The molecule has 0 radical (unpaired) electrons. The van der Waals surface area contributed by atoms with E-state index in [1.165, 1.54) is 12.1 Å². The summed E-state index contributed by atoms with van der Waals surface area (Å²) in [6.45, 7) is -1.06. The van der Waals surface area contributed by atoms with Crippen LogP contribution in [0.1, 0.15) is 6.42 Å². The molecule has 0 aliphatic rings. The first kappa shape index (κ1) is 14.1. The number of hydrogen-bond acceptors (Lipinski definition) is 2. The third-order valence-electron chi connectivity index (χ3n) is 1.91. The Hall–Kier alpha value is -1.01. The van der Waals surface area contributed by atoms with Crippen LogP contribution >= 0.6 is 11.6 Å². The minimum atomic E-state index is -4.69. The zero-order chi connectivity index (χ0) is 13.1. The quantitative estimate of drug-likeness (QED) is 0.833. The third-order valence-corrected chi connectivity index (χ3v) is 2.16. The van der Waals surface area contributed by atoms with E-state index in [0.29, 0.717) is 0 Å². The van der Waals surface area contributed by atoms with Crippen LogP contribution in [0.4, 0.5) is 17.6 Å². The molecule has 1 aromatic carbocycles. The number of alkyl halides is 4. The van der Waals surface area contributed by atoms with Gasteiger partial charge in [-0.1, -0.05) is 11.6 Å². The predicted octanol–water partition coefficient (Wildman–Crippen LogP) is 3.33. The Morgan fingerprint density at radius 1 is 1.12 bits per heavy atom. The molecule has 96 valence electrons. The van der Waals surface area contributed by atoms with Gasteiger partial charge in [-0.15, -0.1) is 0 Å². The number of aliphatic hydroxyl groups is 1. The summed E-state index contributed by atoms with van der Waals surface area (Å²) in [4.78, 5) is 0. The molecule has 0 aromatic heterocycles. The van der Waals surface area contributed by atoms with E-state index in [-0.39, 0.29) is 5.02 Å². The van der Waals surface area contributed by atoms with Crippen LogP contribution in [0.2, 0.25) is 5.02 Å². The summed E-state index contributed by atoms with van der Waals surface area (Å²) in [6.07, 6.45) is -6.07. The second-order valence-electron chi connectivity index (χ2n) is 3.25. The second kappa shape index (κ2) is 5.10. The van der Waals surface area contributed by atoms with E-state index < -0.39 is 30.8 Å². The lowest BCUT2D eigenvalue weighted by molar-refractivity contribution is -0.312. The van der Waals surface area contributed by atoms with Crippen LogP contribution in [0.15, 0.2) is 24.3 Å². The molecule has 0 bridgehead atoms. The van der Waals surface area contributed by atoms with Crippen molar-refractivity contribution in [2.75, 3.05) is 6.61 Å². The first-order valence-electron chi connectivity index (χ1n) is 4.59. The fourth-order valence-corrected chi connectivity index (χ4v) is 1.14. The Balaban J connectivity index is 2.81. The highest BCUT2D eigenvalue weighted by Gasteiger charge is 2.58. The van der Waals surface area contributed by atoms with E-state index >= 15 is 0 Å². The Kier molecular flexibility index (Phi) is 4.21. The van der Waals surface area contributed by atoms with Crippen molar-refractivity contribution >= 4 is 11.6 Å².